The molecule has 0 amide bonds. The Bertz CT molecular complexity index is 667. The van der Waals surface area contributed by atoms with Gasteiger partial charge < -0.3 is 19.5 Å². The Kier molecular flexibility index (Phi) is 3.06. The van der Waals surface area contributed by atoms with E-state index < -0.39 is 5.97 Å². The highest BCUT2D eigenvalue weighted by atomic mass is 16.5. The molecule has 2 aromatic rings. The van der Waals surface area contributed by atoms with Crippen molar-refractivity contribution in [2.75, 3.05) is 11.9 Å². The third-order valence-electron chi connectivity index (χ3n) is 3.45. The topological polar surface area (TPSA) is 52.6 Å². The number of carboxylic acid groups (broad SMARTS) is 1. The molecule has 0 saturated heterocycles. The minimum absolute atomic E-state index is 0.0191. The number of para-hydroxylation sites is 2. The van der Waals surface area contributed by atoms with Crippen molar-refractivity contribution in [3.05, 3.63) is 48.0 Å². The van der Waals surface area contributed by atoms with Gasteiger partial charge in [0.1, 0.15) is 0 Å². The SMILES string of the molecule is CN1c2ccccc2Oc2cc(CCC(=O)[O-])ccc21. The highest BCUT2D eigenvalue weighted by Crippen LogP contribution is 2.45. The first-order chi connectivity index (χ1) is 9.65. The van der Waals surface area contributed by atoms with Crippen LogP contribution in [-0.2, 0) is 11.2 Å². The highest BCUT2D eigenvalue weighted by Gasteiger charge is 2.21. The number of ether oxygens (including phenoxy) is 1. The van der Waals surface area contributed by atoms with E-state index in [0.29, 0.717) is 6.42 Å². The lowest BCUT2D eigenvalue weighted by molar-refractivity contribution is -0.305. The number of hydrogen-bond donors (Lipinski definition) is 0. The van der Waals surface area contributed by atoms with Crippen molar-refractivity contribution in [3.63, 3.8) is 0 Å². The third-order valence-corrected chi connectivity index (χ3v) is 3.45. The number of fused-ring (bicyclic) bond motifs is 2. The van der Waals surface area contributed by atoms with Gasteiger partial charge in [-0.15, -0.1) is 0 Å². The molecular formula is C16H14NO3-. The van der Waals surface area contributed by atoms with E-state index in [1.54, 1.807) is 0 Å². The van der Waals surface area contributed by atoms with E-state index >= 15 is 0 Å². The summed E-state index contributed by atoms with van der Waals surface area (Å²) < 4.78 is 5.89. The molecule has 3 rings (SSSR count). The smallest absolute Gasteiger partial charge is 0.151 e. The van der Waals surface area contributed by atoms with E-state index in [2.05, 4.69) is 4.90 Å². The van der Waals surface area contributed by atoms with Gasteiger partial charge in [0.2, 0.25) is 0 Å². The van der Waals surface area contributed by atoms with Crippen LogP contribution in [0.3, 0.4) is 0 Å². The summed E-state index contributed by atoms with van der Waals surface area (Å²) in [4.78, 5) is 12.6. The van der Waals surface area contributed by atoms with Crippen LogP contribution in [0.25, 0.3) is 0 Å². The number of rotatable bonds is 3. The maximum Gasteiger partial charge on any atom is 0.151 e. The van der Waals surface area contributed by atoms with Crippen molar-refractivity contribution in [1.29, 1.82) is 0 Å². The Labute approximate surface area is 117 Å². The van der Waals surface area contributed by atoms with Crippen molar-refractivity contribution in [1.82, 2.24) is 0 Å². The Balaban J connectivity index is 1.92. The highest BCUT2D eigenvalue weighted by molar-refractivity contribution is 5.77. The molecule has 4 heteroatoms. The van der Waals surface area contributed by atoms with E-state index in [1.807, 2.05) is 49.5 Å². The summed E-state index contributed by atoms with van der Waals surface area (Å²) in [5.41, 5.74) is 2.92. The number of aliphatic carboxylic acids is 1. The molecule has 1 heterocycles. The van der Waals surface area contributed by atoms with Gasteiger partial charge in [-0.05, 0) is 42.7 Å². The van der Waals surface area contributed by atoms with Crippen molar-refractivity contribution in [2.45, 2.75) is 12.8 Å². The number of hydrogen-bond acceptors (Lipinski definition) is 4. The maximum atomic E-state index is 10.5. The van der Waals surface area contributed by atoms with Crippen LogP contribution >= 0.6 is 0 Å². The van der Waals surface area contributed by atoms with Gasteiger partial charge in [-0.25, -0.2) is 0 Å². The van der Waals surface area contributed by atoms with Crippen molar-refractivity contribution in [3.8, 4) is 11.5 Å². The number of benzene rings is 2. The molecule has 2 aromatic carbocycles. The lowest BCUT2D eigenvalue weighted by Gasteiger charge is -2.29. The number of aryl methyl sites for hydroxylation is 1. The molecule has 0 atom stereocenters. The maximum absolute atomic E-state index is 10.5. The minimum atomic E-state index is -1.04. The molecule has 4 nitrogen and oxygen atoms in total. The summed E-state index contributed by atoms with van der Waals surface area (Å²) in [6.07, 6.45) is 0.468. The van der Waals surface area contributed by atoms with E-state index in [4.69, 9.17) is 4.74 Å². The summed E-state index contributed by atoms with van der Waals surface area (Å²) in [5, 5.41) is 10.5. The van der Waals surface area contributed by atoms with Crippen LogP contribution in [0.4, 0.5) is 11.4 Å². The molecular weight excluding hydrogens is 254 g/mol. The van der Waals surface area contributed by atoms with E-state index in [1.165, 1.54) is 0 Å². The quantitative estimate of drug-likeness (QED) is 0.856. The normalized spacial score (nSPS) is 12.3. The van der Waals surface area contributed by atoms with Crippen LogP contribution in [0.1, 0.15) is 12.0 Å². The molecule has 0 spiro atoms. The second-order valence-electron chi connectivity index (χ2n) is 4.80. The van der Waals surface area contributed by atoms with Crippen LogP contribution in [0.2, 0.25) is 0 Å². The molecule has 0 saturated carbocycles. The largest absolute Gasteiger partial charge is 0.550 e. The van der Waals surface area contributed by atoms with Gasteiger partial charge >= 0.3 is 0 Å². The zero-order chi connectivity index (χ0) is 14.1. The fourth-order valence-electron chi connectivity index (χ4n) is 2.39. The van der Waals surface area contributed by atoms with Crippen molar-refractivity contribution in [2.24, 2.45) is 0 Å². The number of carbonyl (C=O) groups is 1. The van der Waals surface area contributed by atoms with E-state index in [9.17, 15) is 9.90 Å². The standard InChI is InChI=1S/C16H15NO3/c1-17-12-4-2-3-5-14(12)20-15-10-11(6-8-13(15)17)7-9-16(18)19/h2-6,8,10H,7,9H2,1H3,(H,18,19)/p-1. The van der Waals surface area contributed by atoms with Gasteiger partial charge in [0.15, 0.2) is 11.5 Å². The average Bonchev–Trinajstić information content (AvgIpc) is 2.45. The molecule has 0 aromatic heterocycles. The number of carbonyl (C=O) groups excluding carboxylic acids is 1. The van der Waals surface area contributed by atoms with Crippen LogP contribution in [0.15, 0.2) is 42.5 Å². The number of anilines is 2. The summed E-state index contributed by atoms with van der Waals surface area (Å²) >= 11 is 0. The summed E-state index contributed by atoms with van der Waals surface area (Å²) in [7, 11) is 1.99. The zero-order valence-corrected chi connectivity index (χ0v) is 11.1. The van der Waals surface area contributed by atoms with E-state index in [-0.39, 0.29) is 6.42 Å². The summed E-state index contributed by atoms with van der Waals surface area (Å²) in [5.74, 6) is 0.521. The van der Waals surface area contributed by atoms with Gasteiger partial charge in [0, 0.05) is 13.0 Å². The molecule has 0 unspecified atom stereocenters. The lowest BCUT2D eigenvalue weighted by Crippen LogP contribution is -2.22. The Hall–Kier alpha value is -2.49. The predicted octanol–water partition coefficient (Wildman–Crippen LogP) is 2.24. The molecule has 1 aliphatic rings. The Morgan fingerprint density at radius 2 is 1.90 bits per heavy atom. The number of carboxylic acids is 1. The Morgan fingerprint density at radius 3 is 2.70 bits per heavy atom. The lowest BCUT2D eigenvalue weighted by atomic mass is 10.1. The average molecular weight is 268 g/mol. The summed E-state index contributed by atoms with van der Waals surface area (Å²) in [6, 6.07) is 13.6. The van der Waals surface area contributed by atoms with Gasteiger partial charge in [-0.2, -0.15) is 0 Å². The molecule has 102 valence electrons. The van der Waals surface area contributed by atoms with Gasteiger partial charge in [-0.3, -0.25) is 0 Å². The fourth-order valence-corrected chi connectivity index (χ4v) is 2.39. The Morgan fingerprint density at radius 1 is 1.15 bits per heavy atom. The van der Waals surface area contributed by atoms with Crippen LogP contribution in [0.5, 0.6) is 11.5 Å². The van der Waals surface area contributed by atoms with Crippen LogP contribution in [-0.4, -0.2) is 13.0 Å². The van der Waals surface area contributed by atoms with Gasteiger partial charge in [0.25, 0.3) is 0 Å². The zero-order valence-electron chi connectivity index (χ0n) is 11.1. The van der Waals surface area contributed by atoms with Crippen LogP contribution < -0.4 is 14.7 Å². The van der Waals surface area contributed by atoms with Crippen molar-refractivity contribution >= 4 is 17.3 Å². The first kappa shape index (κ1) is 12.5. The molecule has 0 N–H and O–H groups in total. The predicted molar refractivity (Wildman–Crippen MR) is 74.3 cm³/mol. The first-order valence-corrected chi connectivity index (χ1v) is 6.48. The monoisotopic (exact) mass is 268 g/mol. The molecule has 0 fully saturated rings. The number of nitrogens with zero attached hydrogens (tertiary/aromatic N) is 1. The van der Waals surface area contributed by atoms with Gasteiger partial charge in [0.05, 0.1) is 11.4 Å². The second-order valence-corrected chi connectivity index (χ2v) is 4.80. The fraction of sp³-hybridized carbons (Fsp3) is 0.188. The molecule has 0 aliphatic carbocycles. The van der Waals surface area contributed by atoms with Crippen LogP contribution in [0, 0.1) is 0 Å². The third kappa shape index (κ3) is 2.20. The molecule has 0 radical (unpaired) electrons. The second kappa shape index (κ2) is 4.89. The molecule has 20 heavy (non-hydrogen) atoms. The van der Waals surface area contributed by atoms with Crippen molar-refractivity contribution < 1.29 is 14.6 Å². The minimum Gasteiger partial charge on any atom is -0.550 e. The first-order valence-electron chi connectivity index (χ1n) is 6.48. The molecule has 1 aliphatic heterocycles. The molecule has 0 bridgehead atoms. The summed E-state index contributed by atoms with van der Waals surface area (Å²) in [6.45, 7) is 0. The van der Waals surface area contributed by atoms with E-state index in [0.717, 1.165) is 28.4 Å². The van der Waals surface area contributed by atoms with Gasteiger partial charge in [-0.1, -0.05) is 18.2 Å².